The molecule has 0 radical (unpaired) electrons. The molecule has 0 saturated carbocycles. The Morgan fingerprint density at radius 2 is 2.37 bits per heavy atom. The van der Waals surface area contributed by atoms with Gasteiger partial charge in [0, 0.05) is 18.5 Å². The molecule has 1 amide bonds. The van der Waals surface area contributed by atoms with Crippen LogP contribution in [0, 0.1) is 5.41 Å². The Hall–Kier alpha value is -1.63. The molecule has 3 N–H and O–H groups in total. The quantitative estimate of drug-likeness (QED) is 0.858. The maximum absolute atomic E-state index is 12.1. The van der Waals surface area contributed by atoms with Gasteiger partial charge in [-0.2, -0.15) is 0 Å². The standard InChI is InChI=1S/C12H17N3O3S/c1-2-12(10(17)18)3-4-15(7-12)9(16)5-8-6-19-11(13)14-8/h6H,2-5,7H2,1H3,(H2,13,14)(H,17,18). The summed E-state index contributed by atoms with van der Waals surface area (Å²) < 4.78 is 0. The number of carboxylic acids is 1. The first kappa shape index (κ1) is 13.8. The van der Waals surface area contributed by atoms with Crippen molar-refractivity contribution in [2.45, 2.75) is 26.2 Å². The summed E-state index contributed by atoms with van der Waals surface area (Å²) >= 11 is 1.30. The molecule has 1 atom stereocenters. The number of carboxylic acid groups (broad SMARTS) is 1. The SMILES string of the molecule is CCC1(C(=O)O)CCN(C(=O)Cc2csc(N)n2)C1. The summed E-state index contributed by atoms with van der Waals surface area (Å²) in [5, 5.41) is 11.5. The fourth-order valence-electron chi connectivity index (χ4n) is 2.37. The third-order valence-electron chi connectivity index (χ3n) is 3.74. The number of carbonyl (C=O) groups is 2. The first-order valence-electron chi connectivity index (χ1n) is 6.18. The van der Waals surface area contributed by atoms with Gasteiger partial charge in [0.05, 0.1) is 17.5 Å². The van der Waals surface area contributed by atoms with Crippen molar-refractivity contribution >= 4 is 28.3 Å². The summed E-state index contributed by atoms with van der Waals surface area (Å²) in [5.74, 6) is -0.898. The first-order valence-corrected chi connectivity index (χ1v) is 7.06. The van der Waals surface area contributed by atoms with Crippen LogP contribution < -0.4 is 5.73 Å². The van der Waals surface area contributed by atoms with Crippen LogP contribution in [0.2, 0.25) is 0 Å². The van der Waals surface area contributed by atoms with Crippen LogP contribution in [0.15, 0.2) is 5.38 Å². The van der Waals surface area contributed by atoms with Crippen molar-refractivity contribution < 1.29 is 14.7 Å². The number of aliphatic carboxylic acids is 1. The summed E-state index contributed by atoms with van der Waals surface area (Å²) in [7, 11) is 0. The minimum atomic E-state index is -0.816. The second-order valence-corrected chi connectivity index (χ2v) is 5.75. The molecule has 1 unspecified atom stereocenters. The highest BCUT2D eigenvalue weighted by molar-refractivity contribution is 7.13. The lowest BCUT2D eigenvalue weighted by Gasteiger charge is -2.22. The van der Waals surface area contributed by atoms with Gasteiger partial charge in [-0.25, -0.2) is 4.98 Å². The zero-order chi connectivity index (χ0) is 14.0. The fraction of sp³-hybridized carbons (Fsp3) is 0.583. The van der Waals surface area contributed by atoms with Gasteiger partial charge in [0.1, 0.15) is 0 Å². The molecular formula is C12H17N3O3S. The number of amides is 1. The number of anilines is 1. The Kier molecular flexibility index (Phi) is 3.75. The zero-order valence-corrected chi connectivity index (χ0v) is 11.6. The average Bonchev–Trinajstić information content (AvgIpc) is 2.96. The van der Waals surface area contributed by atoms with Gasteiger partial charge in [0.15, 0.2) is 5.13 Å². The summed E-state index contributed by atoms with van der Waals surface area (Å²) in [6, 6.07) is 0. The smallest absolute Gasteiger partial charge is 0.311 e. The molecule has 2 rings (SSSR count). The van der Waals surface area contributed by atoms with E-state index in [0.29, 0.717) is 30.2 Å². The van der Waals surface area contributed by atoms with Crippen LogP contribution in [-0.4, -0.2) is 40.0 Å². The molecule has 104 valence electrons. The fourth-order valence-corrected chi connectivity index (χ4v) is 2.93. The van der Waals surface area contributed by atoms with Crippen molar-refractivity contribution in [3.8, 4) is 0 Å². The molecule has 1 aliphatic rings. The Balaban J connectivity index is 2.00. The normalized spacial score (nSPS) is 22.7. The van der Waals surface area contributed by atoms with Crippen LogP contribution >= 0.6 is 11.3 Å². The summed E-state index contributed by atoms with van der Waals surface area (Å²) in [5.41, 5.74) is 5.39. The average molecular weight is 283 g/mol. The van der Waals surface area contributed by atoms with Crippen molar-refractivity contribution in [1.82, 2.24) is 9.88 Å². The lowest BCUT2D eigenvalue weighted by atomic mass is 9.84. The molecule has 6 nitrogen and oxygen atoms in total. The number of nitrogens with two attached hydrogens (primary N) is 1. The Bertz CT molecular complexity index is 502. The third-order valence-corrected chi connectivity index (χ3v) is 4.46. The number of hydrogen-bond donors (Lipinski definition) is 2. The predicted molar refractivity (Wildman–Crippen MR) is 71.8 cm³/mol. The second-order valence-electron chi connectivity index (χ2n) is 4.86. The number of nitrogen functional groups attached to an aromatic ring is 1. The molecule has 0 bridgehead atoms. The van der Waals surface area contributed by atoms with E-state index in [1.165, 1.54) is 11.3 Å². The number of thiazole rings is 1. The molecule has 1 aliphatic heterocycles. The summed E-state index contributed by atoms with van der Waals surface area (Å²) in [4.78, 5) is 29.1. The summed E-state index contributed by atoms with van der Waals surface area (Å²) in [6.07, 6.45) is 1.24. The Morgan fingerprint density at radius 1 is 1.63 bits per heavy atom. The van der Waals surface area contributed by atoms with E-state index in [1.807, 2.05) is 6.92 Å². The molecule has 19 heavy (non-hydrogen) atoms. The van der Waals surface area contributed by atoms with E-state index in [0.717, 1.165) is 0 Å². The second kappa shape index (κ2) is 5.16. The van der Waals surface area contributed by atoms with Gasteiger partial charge in [-0.3, -0.25) is 9.59 Å². The van der Waals surface area contributed by atoms with Crippen LogP contribution in [0.25, 0.3) is 0 Å². The highest BCUT2D eigenvalue weighted by atomic mass is 32.1. The predicted octanol–water partition coefficient (Wildman–Crippen LogP) is 0.981. The van der Waals surface area contributed by atoms with Gasteiger partial charge in [0.2, 0.25) is 5.91 Å². The van der Waals surface area contributed by atoms with Gasteiger partial charge in [0.25, 0.3) is 0 Å². The number of rotatable bonds is 4. The Morgan fingerprint density at radius 3 is 2.84 bits per heavy atom. The van der Waals surface area contributed by atoms with Gasteiger partial charge in [-0.05, 0) is 12.8 Å². The number of hydrogen-bond acceptors (Lipinski definition) is 5. The molecule has 1 aromatic rings. The van der Waals surface area contributed by atoms with Crippen molar-refractivity contribution in [2.75, 3.05) is 18.8 Å². The molecule has 7 heteroatoms. The van der Waals surface area contributed by atoms with E-state index in [1.54, 1.807) is 10.3 Å². The van der Waals surface area contributed by atoms with Crippen molar-refractivity contribution in [3.05, 3.63) is 11.1 Å². The Labute approximate surface area is 115 Å². The molecule has 0 aliphatic carbocycles. The topological polar surface area (TPSA) is 96.5 Å². The van der Waals surface area contributed by atoms with Crippen LogP contribution in [0.5, 0.6) is 0 Å². The van der Waals surface area contributed by atoms with E-state index in [9.17, 15) is 14.7 Å². The molecule has 0 aromatic carbocycles. The largest absolute Gasteiger partial charge is 0.481 e. The number of likely N-dealkylation sites (tertiary alicyclic amines) is 1. The van der Waals surface area contributed by atoms with Crippen LogP contribution in [0.3, 0.4) is 0 Å². The highest BCUT2D eigenvalue weighted by Gasteiger charge is 2.44. The number of nitrogens with zero attached hydrogens (tertiary/aromatic N) is 2. The molecule has 1 saturated heterocycles. The van der Waals surface area contributed by atoms with Crippen molar-refractivity contribution in [3.63, 3.8) is 0 Å². The summed E-state index contributed by atoms with van der Waals surface area (Å²) in [6.45, 7) is 2.64. The van der Waals surface area contributed by atoms with E-state index in [4.69, 9.17) is 5.73 Å². The first-order chi connectivity index (χ1) is 8.97. The molecular weight excluding hydrogens is 266 g/mol. The maximum atomic E-state index is 12.1. The number of aromatic nitrogens is 1. The lowest BCUT2D eigenvalue weighted by molar-refractivity contribution is -0.148. The third kappa shape index (κ3) is 2.70. The number of carbonyl (C=O) groups excluding carboxylic acids is 1. The molecule has 0 spiro atoms. The van der Waals surface area contributed by atoms with Gasteiger partial charge < -0.3 is 15.7 Å². The molecule has 1 aromatic heterocycles. The zero-order valence-electron chi connectivity index (χ0n) is 10.8. The van der Waals surface area contributed by atoms with Gasteiger partial charge >= 0.3 is 5.97 Å². The molecule has 1 fully saturated rings. The van der Waals surface area contributed by atoms with Gasteiger partial charge in [-0.1, -0.05) is 6.92 Å². The van der Waals surface area contributed by atoms with E-state index in [2.05, 4.69) is 4.98 Å². The van der Waals surface area contributed by atoms with E-state index < -0.39 is 11.4 Å². The monoisotopic (exact) mass is 283 g/mol. The van der Waals surface area contributed by atoms with Crippen LogP contribution in [0.1, 0.15) is 25.5 Å². The van der Waals surface area contributed by atoms with Crippen molar-refractivity contribution in [2.24, 2.45) is 5.41 Å². The maximum Gasteiger partial charge on any atom is 0.311 e. The minimum absolute atomic E-state index is 0.0816. The minimum Gasteiger partial charge on any atom is -0.481 e. The van der Waals surface area contributed by atoms with Crippen LogP contribution in [-0.2, 0) is 16.0 Å². The van der Waals surface area contributed by atoms with Gasteiger partial charge in [-0.15, -0.1) is 11.3 Å². The lowest BCUT2D eigenvalue weighted by Crippen LogP contribution is -2.37. The molecule has 2 heterocycles. The van der Waals surface area contributed by atoms with Crippen molar-refractivity contribution in [1.29, 1.82) is 0 Å². The van der Waals surface area contributed by atoms with E-state index >= 15 is 0 Å². The van der Waals surface area contributed by atoms with Crippen LogP contribution in [0.4, 0.5) is 5.13 Å². The van der Waals surface area contributed by atoms with E-state index in [-0.39, 0.29) is 18.9 Å². The highest BCUT2D eigenvalue weighted by Crippen LogP contribution is 2.34.